The summed E-state index contributed by atoms with van der Waals surface area (Å²) >= 11 is 5.43. The Morgan fingerprint density at radius 2 is 2.33 bits per heavy atom. The zero-order chi connectivity index (χ0) is 10.9. The van der Waals surface area contributed by atoms with Gasteiger partial charge in [0.05, 0.1) is 6.33 Å². The maximum atomic E-state index is 11.0. The molecule has 1 N–H and O–H groups in total. The van der Waals surface area contributed by atoms with E-state index in [1.54, 1.807) is 12.5 Å². The van der Waals surface area contributed by atoms with Crippen LogP contribution in [0.1, 0.15) is 19.3 Å². The second kappa shape index (κ2) is 7.29. The standard InChI is InChI=1S/C10H16ClN3O/c11-4-3-10(15)13-5-1-2-7-14-8-6-12-9-14/h6,8-9H,1-5,7H2,(H,13,15). The summed E-state index contributed by atoms with van der Waals surface area (Å²) in [6.45, 7) is 1.68. The molecule has 0 bridgehead atoms. The first-order valence-electron chi connectivity index (χ1n) is 5.11. The van der Waals surface area contributed by atoms with Crippen LogP contribution in [-0.4, -0.2) is 27.9 Å². The van der Waals surface area contributed by atoms with Crippen LogP contribution >= 0.6 is 11.6 Å². The van der Waals surface area contributed by atoms with Gasteiger partial charge < -0.3 is 9.88 Å². The van der Waals surface area contributed by atoms with Crippen molar-refractivity contribution in [1.82, 2.24) is 14.9 Å². The van der Waals surface area contributed by atoms with Gasteiger partial charge in [0.25, 0.3) is 0 Å². The van der Waals surface area contributed by atoms with Gasteiger partial charge in [-0.2, -0.15) is 0 Å². The van der Waals surface area contributed by atoms with E-state index in [0.717, 1.165) is 25.9 Å². The van der Waals surface area contributed by atoms with E-state index in [0.29, 0.717) is 12.3 Å². The van der Waals surface area contributed by atoms with Crippen LogP contribution in [0.25, 0.3) is 0 Å². The number of carbonyl (C=O) groups is 1. The molecule has 0 aromatic carbocycles. The minimum Gasteiger partial charge on any atom is -0.356 e. The lowest BCUT2D eigenvalue weighted by Crippen LogP contribution is -2.24. The van der Waals surface area contributed by atoms with Crippen molar-refractivity contribution in [2.45, 2.75) is 25.8 Å². The van der Waals surface area contributed by atoms with E-state index in [1.807, 2.05) is 10.8 Å². The van der Waals surface area contributed by atoms with Crippen molar-refractivity contribution >= 4 is 17.5 Å². The molecule has 5 heteroatoms. The molecule has 1 aromatic heterocycles. The molecular formula is C10H16ClN3O. The summed E-state index contributed by atoms with van der Waals surface area (Å²) in [5, 5.41) is 2.82. The third-order valence-electron chi connectivity index (χ3n) is 2.05. The van der Waals surface area contributed by atoms with Gasteiger partial charge in [0.2, 0.25) is 5.91 Å². The molecule has 0 aliphatic heterocycles. The number of nitrogens with one attached hydrogen (secondary N) is 1. The third kappa shape index (κ3) is 5.42. The summed E-state index contributed by atoms with van der Waals surface area (Å²) in [6.07, 6.45) is 7.92. The highest BCUT2D eigenvalue weighted by molar-refractivity contribution is 6.18. The Bertz CT molecular complexity index is 274. The van der Waals surface area contributed by atoms with Crippen LogP contribution < -0.4 is 5.32 Å². The van der Waals surface area contributed by atoms with Crippen molar-refractivity contribution in [3.05, 3.63) is 18.7 Å². The van der Waals surface area contributed by atoms with Crippen molar-refractivity contribution in [3.8, 4) is 0 Å². The lowest BCUT2D eigenvalue weighted by atomic mass is 10.3. The summed E-state index contributed by atoms with van der Waals surface area (Å²) in [7, 11) is 0. The minimum atomic E-state index is 0.0348. The van der Waals surface area contributed by atoms with Crippen molar-refractivity contribution < 1.29 is 4.79 Å². The predicted octanol–water partition coefficient (Wildman–Crippen LogP) is 1.41. The number of nitrogens with zero attached hydrogens (tertiary/aromatic N) is 2. The van der Waals surface area contributed by atoms with Gasteiger partial charge in [-0.25, -0.2) is 4.98 Å². The Hall–Kier alpha value is -1.03. The van der Waals surface area contributed by atoms with Gasteiger partial charge in [-0.3, -0.25) is 4.79 Å². The van der Waals surface area contributed by atoms with E-state index in [2.05, 4.69) is 10.3 Å². The first-order valence-corrected chi connectivity index (χ1v) is 5.65. The number of alkyl halides is 1. The number of aryl methyl sites for hydroxylation is 1. The van der Waals surface area contributed by atoms with E-state index in [1.165, 1.54) is 0 Å². The average molecular weight is 230 g/mol. The van der Waals surface area contributed by atoms with Crippen LogP contribution in [0.5, 0.6) is 0 Å². The van der Waals surface area contributed by atoms with Crippen molar-refractivity contribution in [2.24, 2.45) is 0 Å². The van der Waals surface area contributed by atoms with Gasteiger partial charge in [-0.1, -0.05) is 0 Å². The molecule has 1 aromatic rings. The largest absolute Gasteiger partial charge is 0.356 e. The molecule has 0 saturated heterocycles. The summed E-state index contributed by atoms with van der Waals surface area (Å²) in [5.41, 5.74) is 0. The minimum absolute atomic E-state index is 0.0348. The highest BCUT2D eigenvalue weighted by atomic mass is 35.5. The Morgan fingerprint density at radius 3 is 3.00 bits per heavy atom. The van der Waals surface area contributed by atoms with Crippen LogP contribution in [-0.2, 0) is 11.3 Å². The molecule has 0 aliphatic rings. The second-order valence-corrected chi connectivity index (χ2v) is 3.67. The molecule has 0 unspecified atom stereocenters. The average Bonchev–Trinajstić information content (AvgIpc) is 2.70. The number of carbonyl (C=O) groups excluding carboxylic acids is 1. The number of halogens is 1. The maximum absolute atomic E-state index is 11.0. The molecule has 0 fully saturated rings. The van der Waals surface area contributed by atoms with Crippen LogP contribution in [0, 0.1) is 0 Å². The summed E-state index contributed by atoms with van der Waals surface area (Å²) in [5.74, 6) is 0.425. The molecule has 0 atom stereocenters. The number of unbranched alkanes of at least 4 members (excludes halogenated alkanes) is 1. The smallest absolute Gasteiger partial charge is 0.221 e. The highest BCUT2D eigenvalue weighted by Gasteiger charge is 1.98. The Kier molecular flexibility index (Phi) is 5.85. The first-order chi connectivity index (χ1) is 7.33. The summed E-state index contributed by atoms with van der Waals surface area (Å²) in [4.78, 5) is 15.0. The number of rotatable bonds is 7. The fourth-order valence-corrected chi connectivity index (χ4v) is 1.41. The molecule has 0 aliphatic carbocycles. The maximum Gasteiger partial charge on any atom is 0.221 e. The fraction of sp³-hybridized carbons (Fsp3) is 0.600. The number of amides is 1. The molecule has 1 rings (SSSR count). The molecule has 4 nitrogen and oxygen atoms in total. The number of hydrogen-bond acceptors (Lipinski definition) is 2. The normalized spacial score (nSPS) is 10.2. The zero-order valence-electron chi connectivity index (χ0n) is 8.66. The van der Waals surface area contributed by atoms with Crippen LogP contribution in [0.2, 0.25) is 0 Å². The van der Waals surface area contributed by atoms with Gasteiger partial charge in [0, 0.05) is 37.8 Å². The lowest BCUT2D eigenvalue weighted by Gasteiger charge is -2.04. The highest BCUT2D eigenvalue weighted by Crippen LogP contribution is 1.94. The van der Waals surface area contributed by atoms with Gasteiger partial charge in [-0.05, 0) is 12.8 Å². The molecule has 1 amide bonds. The number of imidazole rings is 1. The fourth-order valence-electron chi connectivity index (χ4n) is 1.24. The zero-order valence-corrected chi connectivity index (χ0v) is 9.41. The van der Waals surface area contributed by atoms with E-state index in [4.69, 9.17) is 11.6 Å². The van der Waals surface area contributed by atoms with Gasteiger partial charge in [0.15, 0.2) is 0 Å². The summed E-state index contributed by atoms with van der Waals surface area (Å²) in [6, 6.07) is 0. The predicted molar refractivity (Wildman–Crippen MR) is 59.8 cm³/mol. The molecular weight excluding hydrogens is 214 g/mol. The molecule has 15 heavy (non-hydrogen) atoms. The van der Waals surface area contributed by atoms with E-state index >= 15 is 0 Å². The van der Waals surface area contributed by atoms with Gasteiger partial charge in [0.1, 0.15) is 0 Å². The molecule has 0 spiro atoms. The Balaban J connectivity index is 1.95. The molecule has 0 saturated carbocycles. The van der Waals surface area contributed by atoms with Crippen molar-refractivity contribution in [1.29, 1.82) is 0 Å². The SMILES string of the molecule is O=C(CCCl)NCCCCn1ccnc1. The van der Waals surface area contributed by atoms with Crippen LogP contribution in [0.3, 0.4) is 0 Å². The Labute approximate surface area is 94.6 Å². The van der Waals surface area contributed by atoms with Crippen molar-refractivity contribution in [2.75, 3.05) is 12.4 Å². The number of hydrogen-bond donors (Lipinski definition) is 1. The number of aromatic nitrogens is 2. The van der Waals surface area contributed by atoms with Crippen LogP contribution in [0.15, 0.2) is 18.7 Å². The van der Waals surface area contributed by atoms with Crippen LogP contribution in [0.4, 0.5) is 0 Å². The third-order valence-corrected chi connectivity index (χ3v) is 2.23. The van der Waals surface area contributed by atoms with Gasteiger partial charge in [-0.15, -0.1) is 11.6 Å². The molecule has 1 heterocycles. The van der Waals surface area contributed by atoms with E-state index < -0.39 is 0 Å². The van der Waals surface area contributed by atoms with Crippen molar-refractivity contribution in [3.63, 3.8) is 0 Å². The molecule has 84 valence electrons. The van der Waals surface area contributed by atoms with E-state index in [-0.39, 0.29) is 5.91 Å². The topological polar surface area (TPSA) is 46.9 Å². The summed E-state index contributed by atoms with van der Waals surface area (Å²) < 4.78 is 2.03. The first kappa shape index (κ1) is 12.0. The lowest BCUT2D eigenvalue weighted by molar-refractivity contribution is -0.120. The second-order valence-electron chi connectivity index (χ2n) is 3.30. The quantitative estimate of drug-likeness (QED) is 0.568. The molecule has 0 radical (unpaired) electrons. The monoisotopic (exact) mass is 229 g/mol. The van der Waals surface area contributed by atoms with Gasteiger partial charge >= 0.3 is 0 Å². The Morgan fingerprint density at radius 1 is 1.47 bits per heavy atom. The van der Waals surface area contributed by atoms with E-state index in [9.17, 15) is 4.79 Å².